The SMILES string of the molecule is CCN(CC)S(=O)(=O)c1ccc(C)c(C#Cc2cc(Cl)ccc2OCC(=O)OC(C)(C)C)c1. The summed E-state index contributed by atoms with van der Waals surface area (Å²) in [5, 5.41) is 0.457. The summed E-state index contributed by atoms with van der Waals surface area (Å²) >= 11 is 6.13. The second-order valence-corrected chi connectivity index (χ2v) is 10.7. The molecule has 0 spiro atoms. The van der Waals surface area contributed by atoms with Gasteiger partial charge in [0.05, 0.1) is 10.5 Å². The molecule has 33 heavy (non-hydrogen) atoms. The summed E-state index contributed by atoms with van der Waals surface area (Å²) in [7, 11) is -3.60. The molecule has 0 heterocycles. The van der Waals surface area contributed by atoms with Gasteiger partial charge in [-0.1, -0.05) is 43.4 Å². The molecule has 0 saturated heterocycles. The molecule has 0 aliphatic rings. The van der Waals surface area contributed by atoms with Crippen molar-refractivity contribution in [3.05, 3.63) is 58.1 Å². The lowest BCUT2D eigenvalue weighted by molar-refractivity contribution is -0.157. The highest BCUT2D eigenvalue weighted by Crippen LogP contribution is 2.23. The molecular formula is C25H30ClNO5S. The lowest BCUT2D eigenvalue weighted by Crippen LogP contribution is -2.30. The van der Waals surface area contributed by atoms with Crippen LogP contribution in [0.15, 0.2) is 41.3 Å². The van der Waals surface area contributed by atoms with E-state index in [1.165, 1.54) is 4.31 Å². The van der Waals surface area contributed by atoms with E-state index in [0.29, 0.717) is 35.0 Å². The van der Waals surface area contributed by atoms with Crippen LogP contribution in [0.4, 0.5) is 0 Å². The molecule has 6 nitrogen and oxygen atoms in total. The van der Waals surface area contributed by atoms with Crippen LogP contribution < -0.4 is 4.74 Å². The zero-order valence-electron chi connectivity index (χ0n) is 19.9. The van der Waals surface area contributed by atoms with E-state index < -0.39 is 21.6 Å². The number of nitrogens with zero attached hydrogens (tertiary/aromatic N) is 1. The fraction of sp³-hybridized carbons (Fsp3) is 0.400. The highest BCUT2D eigenvalue weighted by Gasteiger charge is 2.22. The number of esters is 1. The number of aryl methyl sites for hydroxylation is 1. The number of carbonyl (C=O) groups is 1. The van der Waals surface area contributed by atoms with Gasteiger partial charge in [-0.2, -0.15) is 4.31 Å². The minimum absolute atomic E-state index is 0.189. The van der Waals surface area contributed by atoms with Gasteiger partial charge in [0, 0.05) is 23.7 Å². The third-order valence-electron chi connectivity index (χ3n) is 4.59. The average Bonchev–Trinajstić information content (AvgIpc) is 2.71. The third-order valence-corrected chi connectivity index (χ3v) is 6.87. The van der Waals surface area contributed by atoms with Crippen molar-refractivity contribution < 1.29 is 22.7 Å². The van der Waals surface area contributed by atoms with Gasteiger partial charge >= 0.3 is 5.97 Å². The molecule has 0 aliphatic heterocycles. The molecule has 178 valence electrons. The number of sulfonamides is 1. The Kier molecular flexibility index (Phi) is 8.96. The summed E-state index contributed by atoms with van der Waals surface area (Å²) in [5.41, 5.74) is 1.26. The van der Waals surface area contributed by atoms with Crippen molar-refractivity contribution in [3.8, 4) is 17.6 Å². The number of rotatable bonds is 7. The van der Waals surface area contributed by atoms with E-state index in [0.717, 1.165) is 5.56 Å². The Hall–Kier alpha value is -2.53. The van der Waals surface area contributed by atoms with Crippen molar-refractivity contribution in [2.45, 2.75) is 52.0 Å². The van der Waals surface area contributed by atoms with Crippen LogP contribution in [0, 0.1) is 18.8 Å². The Balaban J connectivity index is 2.36. The van der Waals surface area contributed by atoms with E-state index in [1.54, 1.807) is 71.0 Å². The summed E-state index contributed by atoms with van der Waals surface area (Å²) in [6.45, 7) is 11.3. The van der Waals surface area contributed by atoms with E-state index in [1.807, 2.05) is 6.92 Å². The van der Waals surface area contributed by atoms with Gasteiger partial charge in [-0.25, -0.2) is 13.2 Å². The van der Waals surface area contributed by atoms with Crippen LogP contribution in [0.1, 0.15) is 51.3 Å². The number of halogens is 1. The highest BCUT2D eigenvalue weighted by molar-refractivity contribution is 7.89. The van der Waals surface area contributed by atoms with Gasteiger partial charge < -0.3 is 9.47 Å². The molecule has 0 aromatic heterocycles. The van der Waals surface area contributed by atoms with Gasteiger partial charge in [0.2, 0.25) is 10.0 Å². The Morgan fingerprint density at radius 3 is 2.27 bits per heavy atom. The molecular weight excluding hydrogens is 462 g/mol. The lowest BCUT2D eigenvalue weighted by atomic mass is 10.1. The topological polar surface area (TPSA) is 72.9 Å². The third kappa shape index (κ3) is 7.50. The molecule has 0 unspecified atom stereocenters. The molecule has 0 aliphatic carbocycles. The Bertz CT molecular complexity index is 1170. The Morgan fingerprint density at radius 2 is 1.67 bits per heavy atom. The van der Waals surface area contributed by atoms with E-state index in [-0.39, 0.29) is 11.5 Å². The molecule has 0 bridgehead atoms. The predicted octanol–water partition coefficient (Wildman–Crippen LogP) is 4.80. The van der Waals surface area contributed by atoms with Crippen LogP contribution in [0.3, 0.4) is 0 Å². The van der Waals surface area contributed by atoms with Crippen LogP contribution >= 0.6 is 11.6 Å². The van der Waals surface area contributed by atoms with Crippen LogP contribution in [-0.4, -0.2) is 44.0 Å². The molecule has 2 rings (SSSR count). The first-order valence-corrected chi connectivity index (χ1v) is 12.5. The Labute approximate surface area is 201 Å². The number of carbonyl (C=O) groups excluding carboxylic acids is 1. The van der Waals surface area contributed by atoms with Crippen LogP contribution in [-0.2, 0) is 19.6 Å². The number of benzene rings is 2. The van der Waals surface area contributed by atoms with E-state index in [2.05, 4.69) is 11.8 Å². The molecule has 0 radical (unpaired) electrons. The maximum atomic E-state index is 12.9. The Morgan fingerprint density at radius 1 is 1.03 bits per heavy atom. The van der Waals surface area contributed by atoms with E-state index in [9.17, 15) is 13.2 Å². The first kappa shape index (κ1) is 26.7. The van der Waals surface area contributed by atoms with Crippen molar-refractivity contribution in [3.63, 3.8) is 0 Å². The maximum absolute atomic E-state index is 12.9. The number of hydrogen-bond acceptors (Lipinski definition) is 5. The first-order valence-electron chi connectivity index (χ1n) is 10.6. The summed E-state index contributed by atoms with van der Waals surface area (Å²) < 4.78 is 38.0. The molecule has 0 amide bonds. The van der Waals surface area contributed by atoms with Crippen molar-refractivity contribution in [2.24, 2.45) is 0 Å². The normalized spacial score (nSPS) is 11.6. The van der Waals surface area contributed by atoms with Crippen molar-refractivity contribution in [1.29, 1.82) is 0 Å². The van der Waals surface area contributed by atoms with Gasteiger partial charge in [0.15, 0.2) is 6.61 Å². The quantitative estimate of drug-likeness (QED) is 0.411. The molecule has 0 atom stereocenters. The zero-order valence-corrected chi connectivity index (χ0v) is 21.4. The summed E-state index contributed by atoms with van der Waals surface area (Å²) in [6, 6.07) is 9.79. The molecule has 0 N–H and O–H groups in total. The fourth-order valence-electron chi connectivity index (χ4n) is 2.98. The van der Waals surface area contributed by atoms with Crippen molar-refractivity contribution >= 4 is 27.6 Å². The van der Waals surface area contributed by atoms with Gasteiger partial charge in [0.25, 0.3) is 0 Å². The van der Waals surface area contributed by atoms with E-state index >= 15 is 0 Å². The molecule has 8 heteroatoms. The molecule has 0 fully saturated rings. The fourth-order valence-corrected chi connectivity index (χ4v) is 4.63. The summed E-state index contributed by atoms with van der Waals surface area (Å²) in [5.74, 6) is 5.90. The molecule has 2 aromatic carbocycles. The summed E-state index contributed by atoms with van der Waals surface area (Å²) in [6.07, 6.45) is 0. The van der Waals surface area contributed by atoms with Gasteiger partial charge in [-0.05, 0) is 63.6 Å². The van der Waals surface area contributed by atoms with Gasteiger partial charge in [-0.3, -0.25) is 0 Å². The molecule has 0 saturated carbocycles. The standard InChI is InChI=1S/C25H30ClNO5S/c1-7-27(8-2)33(29,30)22-13-9-18(3)19(16-22)10-11-20-15-21(26)12-14-23(20)31-17-24(28)32-25(4,5)6/h9,12-16H,7-8,17H2,1-6H3. The first-order chi connectivity index (χ1) is 15.4. The smallest absolute Gasteiger partial charge is 0.344 e. The second kappa shape index (κ2) is 11.1. The predicted molar refractivity (Wildman–Crippen MR) is 130 cm³/mol. The minimum atomic E-state index is -3.60. The van der Waals surface area contributed by atoms with Crippen molar-refractivity contribution in [2.75, 3.05) is 19.7 Å². The van der Waals surface area contributed by atoms with Gasteiger partial charge in [-0.15, -0.1) is 0 Å². The van der Waals surface area contributed by atoms with Crippen LogP contribution in [0.5, 0.6) is 5.75 Å². The maximum Gasteiger partial charge on any atom is 0.344 e. The minimum Gasteiger partial charge on any atom is -0.481 e. The number of hydrogen-bond donors (Lipinski definition) is 0. The number of ether oxygens (including phenoxy) is 2. The van der Waals surface area contributed by atoms with Gasteiger partial charge in [0.1, 0.15) is 11.4 Å². The molecule has 2 aromatic rings. The van der Waals surface area contributed by atoms with Crippen LogP contribution in [0.25, 0.3) is 0 Å². The zero-order chi connectivity index (χ0) is 24.8. The van der Waals surface area contributed by atoms with E-state index in [4.69, 9.17) is 21.1 Å². The highest BCUT2D eigenvalue weighted by atomic mass is 35.5. The summed E-state index contributed by atoms with van der Waals surface area (Å²) in [4.78, 5) is 12.2. The average molecular weight is 492 g/mol. The lowest BCUT2D eigenvalue weighted by Gasteiger charge is -2.19. The van der Waals surface area contributed by atoms with Crippen LogP contribution in [0.2, 0.25) is 5.02 Å². The van der Waals surface area contributed by atoms with Crippen molar-refractivity contribution in [1.82, 2.24) is 4.31 Å². The second-order valence-electron chi connectivity index (χ2n) is 8.33. The monoisotopic (exact) mass is 491 g/mol. The largest absolute Gasteiger partial charge is 0.481 e.